The summed E-state index contributed by atoms with van der Waals surface area (Å²) in [4.78, 5) is 0. The summed E-state index contributed by atoms with van der Waals surface area (Å²) in [7, 11) is 0. The number of benzene rings is 2. The number of hydrogen-bond acceptors (Lipinski definition) is 1. The van der Waals surface area contributed by atoms with Gasteiger partial charge in [-0.1, -0.05) is 55.5 Å². The lowest BCUT2D eigenvalue weighted by Crippen LogP contribution is -2.35. The van der Waals surface area contributed by atoms with Crippen molar-refractivity contribution in [3.05, 3.63) is 60.2 Å². The Labute approximate surface area is 108 Å². The first-order valence-electron chi connectivity index (χ1n) is 6.46. The lowest BCUT2D eigenvalue weighted by atomic mass is 9.62. The minimum Gasteiger partial charge on any atom is -0.388 e. The van der Waals surface area contributed by atoms with Crippen LogP contribution in [0.4, 0.5) is 0 Å². The third-order valence-electron chi connectivity index (χ3n) is 4.45. The maximum atomic E-state index is 10.6. The largest absolute Gasteiger partial charge is 0.388 e. The van der Waals surface area contributed by atoms with E-state index in [1.807, 2.05) is 18.2 Å². The maximum Gasteiger partial charge on any atom is 0.0880 e. The number of aliphatic hydroxyl groups is 1. The van der Waals surface area contributed by atoms with Crippen LogP contribution in [0, 0.1) is 5.41 Å². The van der Waals surface area contributed by atoms with Gasteiger partial charge in [0.1, 0.15) is 0 Å². The van der Waals surface area contributed by atoms with Crippen LogP contribution >= 0.6 is 0 Å². The van der Waals surface area contributed by atoms with Crippen LogP contribution in [-0.4, -0.2) is 5.11 Å². The molecule has 2 aromatic carbocycles. The highest BCUT2D eigenvalue weighted by Crippen LogP contribution is 2.53. The number of aliphatic hydroxyl groups excluding tert-OH is 1. The quantitative estimate of drug-likeness (QED) is 0.776. The van der Waals surface area contributed by atoms with Gasteiger partial charge >= 0.3 is 0 Å². The van der Waals surface area contributed by atoms with Crippen molar-refractivity contribution in [3.63, 3.8) is 0 Å². The Bertz CT molecular complexity index is 614. The summed E-state index contributed by atoms with van der Waals surface area (Å²) < 4.78 is 0. The monoisotopic (exact) mass is 238 g/mol. The van der Waals surface area contributed by atoms with Gasteiger partial charge in [-0.15, -0.1) is 0 Å². The SMILES string of the molecule is C=C1CCC1(C)C(O)c1ccc2ccccc2c1. The Hall–Kier alpha value is -1.60. The van der Waals surface area contributed by atoms with Gasteiger partial charge in [-0.05, 0) is 35.2 Å². The van der Waals surface area contributed by atoms with Crippen molar-refractivity contribution >= 4 is 10.8 Å². The zero-order valence-electron chi connectivity index (χ0n) is 10.7. The second-order valence-electron chi connectivity index (χ2n) is 5.53. The van der Waals surface area contributed by atoms with E-state index >= 15 is 0 Å². The average Bonchev–Trinajstić information content (AvgIpc) is 2.43. The second-order valence-corrected chi connectivity index (χ2v) is 5.53. The van der Waals surface area contributed by atoms with Gasteiger partial charge in [0, 0.05) is 5.41 Å². The molecule has 1 heteroatoms. The molecule has 1 fully saturated rings. The molecule has 2 unspecified atom stereocenters. The van der Waals surface area contributed by atoms with Gasteiger partial charge in [0.15, 0.2) is 0 Å². The van der Waals surface area contributed by atoms with Crippen molar-refractivity contribution in [2.24, 2.45) is 5.41 Å². The van der Waals surface area contributed by atoms with E-state index in [1.54, 1.807) is 0 Å². The minimum atomic E-state index is -0.441. The molecule has 1 saturated carbocycles. The molecule has 1 aliphatic carbocycles. The van der Waals surface area contributed by atoms with Gasteiger partial charge in [0.05, 0.1) is 6.10 Å². The number of fused-ring (bicyclic) bond motifs is 1. The molecule has 0 aliphatic heterocycles. The highest BCUT2D eigenvalue weighted by atomic mass is 16.3. The van der Waals surface area contributed by atoms with Gasteiger partial charge < -0.3 is 5.11 Å². The molecule has 92 valence electrons. The van der Waals surface area contributed by atoms with Crippen molar-refractivity contribution in [1.82, 2.24) is 0 Å². The smallest absolute Gasteiger partial charge is 0.0880 e. The summed E-state index contributed by atoms with van der Waals surface area (Å²) in [5.41, 5.74) is 2.03. The Morgan fingerprint density at radius 2 is 1.89 bits per heavy atom. The molecule has 0 amide bonds. The van der Waals surface area contributed by atoms with Gasteiger partial charge in [-0.25, -0.2) is 0 Å². The van der Waals surface area contributed by atoms with Crippen molar-refractivity contribution in [3.8, 4) is 0 Å². The molecule has 2 atom stereocenters. The van der Waals surface area contributed by atoms with E-state index in [4.69, 9.17) is 0 Å². The van der Waals surface area contributed by atoms with Crippen molar-refractivity contribution in [1.29, 1.82) is 0 Å². The average molecular weight is 238 g/mol. The zero-order chi connectivity index (χ0) is 12.8. The van der Waals surface area contributed by atoms with Crippen LogP contribution in [0.2, 0.25) is 0 Å². The Morgan fingerprint density at radius 3 is 2.50 bits per heavy atom. The summed E-state index contributed by atoms with van der Waals surface area (Å²) in [6, 6.07) is 14.5. The van der Waals surface area contributed by atoms with Gasteiger partial charge in [-0.2, -0.15) is 0 Å². The second kappa shape index (κ2) is 3.96. The third-order valence-corrected chi connectivity index (χ3v) is 4.45. The molecule has 0 aromatic heterocycles. The Balaban J connectivity index is 2.01. The van der Waals surface area contributed by atoms with E-state index in [0.717, 1.165) is 18.4 Å². The Morgan fingerprint density at radius 1 is 1.17 bits per heavy atom. The van der Waals surface area contributed by atoms with E-state index in [9.17, 15) is 5.11 Å². The molecule has 0 spiro atoms. The topological polar surface area (TPSA) is 20.2 Å². The lowest BCUT2D eigenvalue weighted by molar-refractivity contribution is 0.0263. The molecule has 18 heavy (non-hydrogen) atoms. The summed E-state index contributed by atoms with van der Waals surface area (Å²) in [5.74, 6) is 0. The molecule has 3 rings (SSSR count). The molecular formula is C17H18O. The normalized spacial score (nSPS) is 24.9. The zero-order valence-corrected chi connectivity index (χ0v) is 10.7. The highest BCUT2D eigenvalue weighted by molar-refractivity contribution is 5.83. The molecule has 2 aromatic rings. The minimum absolute atomic E-state index is 0.136. The van der Waals surface area contributed by atoms with Gasteiger partial charge in [-0.3, -0.25) is 0 Å². The standard InChI is InChI=1S/C17H18O/c1-12-9-10-17(12,2)16(18)15-8-7-13-5-3-4-6-14(13)11-15/h3-8,11,16,18H,1,9-10H2,2H3. The van der Waals surface area contributed by atoms with Crippen LogP contribution < -0.4 is 0 Å². The fourth-order valence-corrected chi connectivity index (χ4v) is 2.77. The van der Waals surface area contributed by atoms with Crippen molar-refractivity contribution in [2.45, 2.75) is 25.9 Å². The van der Waals surface area contributed by atoms with E-state index < -0.39 is 6.10 Å². The lowest BCUT2D eigenvalue weighted by Gasteiger charge is -2.45. The summed E-state index contributed by atoms with van der Waals surface area (Å²) in [6.45, 7) is 6.17. The fraction of sp³-hybridized carbons (Fsp3) is 0.294. The van der Waals surface area contributed by atoms with Crippen molar-refractivity contribution in [2.75, 3.05) is 0 Å². The van der Waals surface area contributed by atoms with E-state index in [2.05, 4.69) is 37.8 Å². The van der Waals surface area contributed by atoms with E-state index in [0.29, 0.717) is 0 Å². The first kappa shape index (κ1) is 11.5. The first-order valence-corrected chi connectivity index (χ1v) is 6.46. The van der Waals surface area contributed by atoms with E-state index in [-0.39, 0.29) is 5.41 Å². The van der Waals surface area contributed by atoms with Crippen LogP contribution in [-0.2, 0) is 0 Å². The predicted octanol–water partition coefficient (Wildman–Crippen LogP) is 4.23. The summed E-state index contributed by atoms with van der Waals surface area (Å²) in [5, 5.41) is 13.0. The molecule has 1 aliphatic rings. The van der Waals surface area contributed by atoms with Crippen LogP contribution in [0.3, 0.4) is 0 Å². The maximum absolute atomic E-state index is 10.6. The van der Waals surface area contributed by atoms with Crippen LogP contribution in [0.25, 0.3) is 10.8 Å². The Kier molecular flexibility index (Phi) is 2.53. The molecular weight excluding hydrogens is 220 g/mol. The molecule has 1 nitrogen and oxygen atoms in total. The molecule has 0 bridgehead atoms. The predicted molar refractivity (Wildman–Crippen MR) is 75.4 cm³/mol. The molecule has 0 saturated heterocycles. The summed E-state index contributed by atoms with van der Waals surface area (Å²) in [6.07, 6.45) is 1.63. The number of rotatable bonds is 2. The van der Waals surface area contributed by atoms with Crippen molar-refractivity contribution < 1.29 is 5.11 Å². The number of hydrogen-bond donors (Lipinski definition) is 1. The van der Waals surface area contributed by atoms with Gasteiger partial charge in [0.25, 0.3) is 0 Å². The van der Waals surface area contributed by atoms with Gasteiger partial charge in [0.2, 0.25) is 0 Å². The molecule has 0 heterocycles. The van der Waals surface area contributed by atoms with E-state index in [1.165, 1.54) is 16.3 Å². The molecule has 0 radical (unpaired) electrons. The fourth-order valence-electron chi connectivity index (χ4n) is 2.77. The van der Waals surface area contributed by atoms with Crippen LogP contribution in [0.5, 0.6) is 0 Å². The third kappa shape index (κ3) is 1.58. The highest BCUT2D eigenvalue weighted by Gasteiger charge is 2.42. The molecule has 1 N–H and O–H groups in total. The van der Waals surface area contributed by atoms with Crippen LogP contribution in [0.1, 0.15) is 31.4 Å². The van der Waals surface area contributed by atoms with Crippen LogP contribution in [0.15, 0.2) is 54.6 Å². The summed E-state index contributed by atoms with van der Waals surface area (Å²) >= 11 is 0. The first-order chi connectivity index (χ1) is 8.61.